The zero-order valence-corrected chi connectivity index (χ0v) is 16.8. The molecule has 4 rings (SSSR count). The number of hydrogen-bond acceptors (Lipinski definition) is 3. The topological polar surface area (TPSA) is 46.8 Å². The molecule has 3 aromatic rings. The summed E-state index contributed by atoms with van der Waals surface area (Å²) in [6.07, 6.45) is 5.44. The Morgan fingerprint density at radius 2 is 2.04 bits per heavy atom. The summed E-state index contributed by atoms with van der Waals surface area (Å²) in [5, 5.41) is 0. The van der Waals surface area contributed by atoms with Gasteiger partial charge in [0.15, 0.2) is 0 Å². The van der Waals surface area contributed by atoms with Crippen molar-refractivity contribution >= 4 is 11.6 Å². The smallest absolute Gasteiger partial charge is 0.274 e. The first-order chi connectivity index (χ1) is 13.4. The van der Waals surface area contributed by atoms with E-state index in [0.717, 1.165) is 29.6 Å². The number of hydrogen-bond donors (Lipinski definition) is 0. The van der Waals surface area contributed by atoms with Gasteiger partial charge in [0.25, 0.3) is 5.91 Å². The van der Waals surface area contributed by atoms with Gasteiger partial charge in [-0.05, 0) is 50.8 Å². The standard InChI is InChI=1S/C23H27N3O2/c1-17-8-7-12-25-16-20(24-21(17)25)22(27)26(15-18-9-5-4-6-10-18)19-11-13-28-23(2,3)14-19/h4-10,12,16,19H,11,13-15H2,1-3H3/t19-/m0/s1. The van der Waals surface area contributed by atoms with E-state index in [-0.39, 0.29) is 17.6 Å². The van der Waals surface area contributed by atoms with Crippen molar-refractivity contribution in [2.24, 2.45) is 0 Å². The fourth-order valence-electron chi connectivity index (χ4n) is 4.02. The van der Waals surface area contributed by atoms with Crippen molar-refractivity contribution in [1.29, 1.82) is 0 Å². The number of benzene rings is 1. The van der Waals surface area contributed by atoms with Gasteiger partial charge in [0.05, 0.1) is 5.60 Å². The molecule has 1 atom stereocenters. The maximum atomic E-state index is 13.5. The minimum absolute atomic E-state index is 0.0188. The molecule has 1 amide bonds. The Hall–Kier alpha value is -2.66. The molecule has 5 heteroatoms. The molecular weight excluding hydrogens is 350 g/mol. The summed E-state index contributed by atoms with van der Waals surface area (Å²) in [4.78, 5) is 20.2. The first kappa shape index (κ1) is 18.7. The Bertz CT molecular complexity index is 978. The molecule has 5 nitrogen and oxygen atoms in total. The molecule has 28 heavy (non-hydrogen) atoms. The van der Waals surface area contributed by atoms with Gasteiger partial charge < -0.3 is 14.0 Å². The van der Waals surface area contributed by atoms with Gasteiger partial charge in [-0.3, -0.25) is 4.79 Å². The molecule has 0 spiro atoms. The second-order valence-electron chi connectivity index (χ2n) is 8.22. The van der Waals surface area contributed by atoms with Gasteiger partial charge in [-0.2, -0.15) is 0 Å². The van der Waals surface area contributed by atoms with E-state index in [1.807, 2.05) is 58.9 Å². The van der Waals surface area contributed by atoms with Crippen LogP contribution < -0.4 is 0 Å². The Morgan fingerprint density at radius 1 is 1.25 bits per heavy atom. The summed E-state index contributed by atoms with van der Waals surface area (Å²) < 4.78 is 7.82. The average Bonchev–Trinajstić information content (AvgIpc) is 3.11. The third kappa shape index (κ3) is 3.80. The molecule has 1 aliphatic heterocycles. The van der Waals surface area contributed by atoms with Crippen molar-refractivity contribution in [2.45, 2.75) is 51.8 Å². The average molecular weight is 377 g/mol. The van der Waals surface area contributed by atoms with Crippen molar-refractivity contribution in [3.63, 3.8) is 0 Å². The molecule has 1 aliphatic rings. The lowest BCUT2D eigenvalue weighted by molar-refractivity contribution is -0.0792. The van der Waals surface area contributed by atoms with E-state index in [0.29, 0.717) is 18.8 Å². The maximum Gasteiger partial charge on any atom is 0.274 e. The van der Waals surface area contributed by atoms with Gasteiger partial charge in [0.2, 0.25) is 0 Å². The first-order valence-corrected chi connectivity index (χ1v) is 9.86. The molecule has 1 aromatic carbocycles. The monoisotopic (exact) mass is 377 g/mol. The second kappa shape index (κ2) is 7.40. The number of aryl methyl sites for hydroxylation is 1. The molecular formula is C23H27N3O2. The normalized spacial score (nSPS) is 18.9. The summed E-state index contributed by atoms with van der Waals surface area (Å²) >= 11 is 0. The number of carbonyl (C=O) groups excluding carboxylic acids is 1. The number of pyridine rings is 1. The van der Waals surface area contributed by atoms with Gasteiger partial charge >= 0.3 is 0 Å². The summed E-state index contributed by atoms with van der Waals surface area (Å²) in [7, 11) is 0. The lowest BCUT2D eigenvalue weighted by Gasteiger charge is -2.41. The molecule has 0 saturated carbocycles. The van der Waals surface area contributed by atoms with Crippen LogP contribution >= 0.6 is 0 Å². The van der Waals surface area contributed by atoms with Crippen LogP contribution in [0.3, 0.4) is 0 Å². The summed E-state index contributed by atoms with van der Waals surface area (Å²) in [6.45, 7) is 7.45. The predicted molar refractivity (Wildman–Crippen MR) is 109 cm³/mol. The molecule has 2 aromatic heterocycles. The molecule has 1 fully saturated rings. The highest BCUT2D eigenvalue weighted by Crippen LogP contribution is 2.29. The zero-order chi connectivity index (χ0) is 19.7. The van der Waals surface area contributed by atoms with E-state index in [1.54, 1.807) is 0 Å². The SMILES string of the molecule is Cc1cccn2cc(C(=O)N(Cc3ccccc3)[C@H]3CCOC(C)(C)C3)nc12. The Kier molecular flexibility index (Phi) is 4.94. The maximum absolute atomic E-state index is 13.5. The van der Waals surface area contributed by atoms with Crippen LogP contribution in [0.4, 0.5) is 0 Å². The van der Waals surface area contributed by atoms with Gasteiger partial charge in [0, 0.05) is 31.6 Å². The van der Waals surface area contributed by atoms with Crippen LogP contribution in [0.1, 0.15) is 48.3 Å². The van der Waals surface area contributed by atoms with E-state index in [4.69, 9.17) is 4.74 Å². The van der Waals surface area contributed by atoms with E-state index in [9.17, 15) is 4.79 Å². The van der Waals surface area contributed by atoms with Crippen molar-refractivity contribution in [2.75, 3.05) is 6.61 Å². The number of rotatable bonds is 4. The first-order valence-electron chi connectivity index (χ1n) is 9.86. The van der Waals surface area contributed by atoms with Crippen LogP contribution in [0.15, 0.2) is 54.9 Å². The van der Waals surface area contributed by atoms with Gasteiger partial charge in [-0.25, -0.2) is 4.98 Å². The van der Waals surface area contributed by atoms with Crippen LogP contribution in [0.25, 0.3) is 5.65 Å². The molecule has 0 aliphatic carbocycles. The molecule has 0 N–H and O–H groups in total. The number of imidazole rings is 1. The van der Waals surface area contributed by atoms with Crippen LogP contribution in [0, 0.1) is 6.92 Å². The highest BCUT2D eigenvalue weighted by Gasteiger charge is 2.35. The van der Waals surface area contributed by atoms with Crippen LogP contribution in [0.2, 0.25) is 0 Å². The van der Waals surface area contributed by atoms with Crippen LogP contribution in [-0.4, -0.2) is 38.4 Å². The quantitative estimate of drug-likeness (QED) is 0.683. The zero-order valence-electron chi connectivity index (χ0n) is 16.8. The Balaban J connectivity index is 1.68. The Labute approximate surface area is 166 Å². The van der Waals surface area contributed by atoms with Gasteiger partial charge in [0.1, 0.15) is 11.3 Å². The minimum atomic E-state index is -0.229. The van der Waals surface area contributed by atoms with E-state index in [1.165, 1.54) is 0 Å². The van der Waals surface area contributed by atoms with Crippen molar-refractivity contribution < 1.29 is 9.53 Å². The summed E-state index contributed by atoms with van der Waals surface area (Å²) in [5.74, 6) is -0.0188. The van der Waals surface area contributed by atoms with Gasteiger partial charge in [-0.15, -0.1) is 0 Å². The number of ether oxygens (including phenoxy) is 1. The third-order valence-corrected chi connectivity index (χ3v) is 5.47. The van der Waals surface area contributed by atoms with Gasteiger partial charge in [-0.1, -0.05) is 36.4 Å². The molecule has 3 heterocycles. The lowest BCUT2D eigenvalue weighted by atomic mass is 9.92. The molecule has 0 unspecified atom stereocenters. The molecule has 146 valence electrons. The highest BCUT2D eigenvalue weighted by atomic mass is 16.5. The molecule has 0 radical (unpaired) electrons. The van der Waals surface area contributed by atoms with Crippen LogP contribution in [0.5, 0.6) is 0 Å². The fourth-order valence-corrected chi connectivity index (χ4v) is 4.02. The van der Waals surface area contributed by atoms with Crippen molar-refractivity contribution in [3.05, 3.63) is 71.7 Å². The number of amides is 1. The fraction of sp³-hybridized carbons (Fsp3) is 0.391. The minimum Gasteiger partial charge on any atom is -0.375 e. The number of aromatic nitrogens is 2. The summed E-state index contributed by atoms with van der Waals surface area (Å²) in [6, 6.07) is 14.3. The predicted octanol–water partition coefficient (Wildman–Crippen LogP) is 4.24. The number of fused-ring (bicyclic) bond motifs is 1. The highest BCUT2D eigenvalue weighted by molar-refractivity contribution is 5.93. The molecule has 0 bridgehead atoms. The second-order valence-corrected chi connectivity index (χ2v) is 8.22. The van der Waals surface area contributed by atoms with Crippen LogP contribution in [-0.2, 0) is 11.3 Å². The number of nitrogens with zero attached hydrogens (tertiary/aromatic N) is 3. The van der Waals surface area contributed by atoms with Crippen molar-refractivity contribution in [3.8, 4) is 0 Å². The number of carbonyl (C=O) groups is 1. The van der Waals surface area contributed by atoms with E-state index in [2.05, 4.69) is 31.0 Å². The van der Waals surface area contributed by atoms with E-state index >= 15 is 0 Å². The third-order valence-electron chi connectivity index (χ3n) is 5.47. The summed E-state index contributed by atoms with van der Waals surface area (Å²) in [5.41, 5.74) is 3.28. The van der Waals surface area contributed by atoms with E-state index < -0.39 is 0 Å². The lowest BCUT2D eigenvalue weighted by Crippen LogP contribution is -2.48. The Morgan fingerprint density at radius 3 is 2.75 bits per heavy atom. The van der Waals surface area contributed by atoms with Crippen molar-refractivity contribution in [1.82, 2.24) is 14.3 Å². The molecule has 1 saturated heterocycles. The largest absolute Gasteiger partial charge is 0.375 e.